The Balaban J connectivity index is 1.62. The molecule has 88 valence electrons. The average molecular weight is 248 g/mol. The molecule has 0 radical (unpaired) electrons. The molecule has 0 aliphatic heterocycles. The zero-order chi connectivity index (χ0) is 11.7. The van der Waals surface area contributed by atoms with Gasteiger partial charge in [0, 0.05) is 11.3 Å². The number of amides is 1. The zero-order valence-corrected chi connectivity index (χ0v) is 9.98. The van der Waals surface area contributed by atoms with Gasteiger partial charge in [0.05, 0.1) is 18.4 Å². The number of hydrogen-bond donors (Lipinski definition) is 1. The van der Waals surface area contributed by atoms with E-state index in [1.54, 1.807) is 16.0 Å². The van der Waals surface area contributed by atoms with Crippen LogP contribution in [0.25, 0.3) is 5.69 Å². The van der Waals surface area contributed by atoms with Gasteiger partial charge in [-0.25, -0.2) is 4.68 Å². The van der Waals surface area contributed by atoms with E-state index in [9.17, 15) is 4.79 Å². The van der Waals surface area contributed by atoms with Crippen molar-refractivity contribution in [2.75, 3.05) is 0 Å². The van der Waals surface area contributed by atoms with Crippen molar-refractivity contribution in [3.8, 4) is 5.69 Å². The molecule has 17 heavy (non-hydrogen) atoms. The van der Waals surface area contributed by atoms with Crippen LogP contribution in [0.3, 0.4) is 0 Å². The zero-order valence-electron chi connectivity index (χ0n) is 9.17. The molecule has 0 bridgehead atoms. The highest BCUT2D eigenvalue weighted by Crippen LogP contribution is 2.28. The van der Waals surface area contributed by atoms with Crippen molar-refractivity contribution in [2.45, 2.75) is 19.4 Å². The van der Waals surface area contributed by atoms with E-state index in [2.05, 4.69) is 15.6 Å². The molecule has 2 aromatic heterocycles. The highest BCUT2D eigenvalue weighted by atomic mass is 32.1. The van der Waals surface area contributed by atoms with Crippen LogP contribution in [0.4, 0.5) is 0 Å². The summed E-state index contributed by atoms with van der Waals surface area (Å²) in [5.41, 5.74) is 1.78. The van der Waals surface area contributed by atoms with Crippen molar-refractivity contribution in [1.29, 1.82) is 0 Å². The van der Waals surface area contributed by atoms with Gasteiger partial charge in [0.15, 0.2) is 0 Å². The van der Waals surface area contributed by atoms with E-state index >= 15 is 0 Å². The average Bonchev–Trinajstić information content (AvgIpc) is 2.87. The Kier molecular flexibility index (Phi) is 2.64. The number of nitrogens with zero attached hydrogens (tertiary/aromatic N) is 3. The summed E-state index contributed by atoms with van der Waals surface area (Å²) in [6, 6.07) is 1.98. The van der Waals surface area contributed by atoms with Gasteiger partial charge >= 0.3 is 0 Å². The second-order valence-corrected chi connectivity index (χ2v) is 4.91. The van der Waals surface area contributed by atoms with Crippen LogP contribution in [-0.2, 0) is 11.3 Å². The summed E-state index contributed by atoms with van der Waals surface area (Å²) in [4.78, 5) is 11.4. The summed E-state index contributed by atoms with van der Waals surface area (Å²) in [5, 5.41) is 14.9. The first-order valence-electron chi connectivity index (χ1n) is 5.54. The number of hydrogen-bond acceptors (Lipinski definition) is 4. The lowest BCUT2D eigenvalue weighted by Crippen LogP contribution is -2.24. The van der Waals surface area contributed by atoms with Crippen molar-refractivity contribution in [2.24, 2.45) is 5.92 Å². The third-order valence-corrected chi connectivity index (χ3v) is 3.37. The fourth-order valence-corrected chi connectivity index (χ4v) is 2.18. The van der Waals surface area contributed by atoms with Crippen LogP contribution in [0.2, 0.25) is 0 Å². The number of carbonyl (C=O) groups is 1. The van der Waals surface area contributed by atoms with E-state index in [-0.39, 0.29) is 11.8 Å². The van der Waals surface area contributed by atoms with Gasteiger partial charge < -0.3 is 5.32 Å². The smallest absolute Gasteiger partial charge is 0.223 e. The van der Waals surface area contributed by atoms with Gasteiger partial charge in [-0.1, -0.05) is 5.21 Å². The minimum absolute atomic E-state index is 0.134. The van der Waals surface area contributed by atoms with Crippen molar-refractivity contribution >= 4 is 17.2 Å². The fourth-order valence-electron chi connectivity index (χ4n) is 1.56. The largest absolute Gasteiger partial charge is 0.350 e. The van der Waals surface area contributed by atoms with Crippen LogP contribution in [-0.4, -0.2) is 20.9 Å². The van der Waals surface area contributed by atoms with Gasteiger partial charge in [-0.2, -0.15) is 11.3 Å². The second-order valence-electron chi connectivity index (χ2n) is 4.13. The number of nitrogens with one attached hydrogen (secondary N) is 1. The molecular weight excluding hydrogens is 236 g/mol. The van der Waals surface area contributed by atoms with Crippen LogP contribution in [0.15, 0.2) is 23.0 Å². The summed E-state index contributed by atoms with van der Waals surface area (Å²) in [6.45, 7) is 0.458. The van der Waals surface area contributed by atoms with E-state index in [0.29, 0.717) is 6.54 Å². The molecule has 0 saturated heterocycles. The highest BCUT2D eigenvalue weighted by molar-refractivity contribution is 7.08. The van der Waals surface area contributed by atoms with E-state index < -0.39 is 0 Å². The topological polar surface area (TPSA) is 59.8 Å². The summed E-state index contributed by atoms with van der Waals surface area (Å²) >= 11 is 1.62. The number of carbonyl (C=O) groups excluding carboxylic acids is 1. The lowest BCUT2D eigenvalue weighted by molar-refractivity contribution is -0.122. The van der Waals surface area contributed by atoms with Gasteiger partial charge in [-0.05, 0) is 24.3 Å². The molecule has 0 spiro atoms. The van der Waals surface area contributed by atoms with Gasteiger partial charge in [-0.3, -0.25) is 4.79 Å². The third kappa shape index (κ3) is 2.36. The maximum atomic E-state index is 11.4. The molecule has 3 rings (SSSR count). The Hall–Kier alpha value is -1.69. The molecule has 0 unspecified atom stereocenters. The highest BCUT2D eigenvalue weighted by Gasteiger charge is 2.29. The van der Waals surface area contributed by atoms with Crippen molar-refractivity contribution in [3.05, 3.63) is 28.7 Å². The summed E-state index contributed by atoms with van der Waals surface area (Å²) in [7, 11) is 0. The Morgan fingerprint density at radius 1 is 1.59 bits per heavy atom. The van der Waals surface area contributed by atoms with Crippen molar-refractivity contribution in [3.63, 3.8) is 0 Å². The van der Waals surface area contributed by atoms with Gasteiger partial charge in [0.2, 0.25) is 5.91 Å². The second kappa shape index (κ2) is 4.29. The summed E-state index contributed by atoms with van der Waals surface area (Å²) < 4.78 is 1.72. The Morgan fingerprint density at radius 2 is 2.47 bits per heavy atom. The molecule has 2 heterocycles. The molecule has 0 aromatic carbocycles. The first-order chi connectivity index (χ1) is 8.33. The van der Waals surface area contributed by atoms with Crippen LogP contribution in [0.1, 0.15) is 18.5 Å². The maximum Gasteiger partial charge on any atom is 0.223 e. The Bertz CT molecular complexity index is 515. The predicted molar refractivity (Wildman–Crippen MR) is 63.8 cm³/mol. The van der Waals surface area contributed by atoms with E-state index in [0.717, 1.165) is 24.2 Å². The van der Waals surface area contributed by atoms with Gasteiger partial charge in [0.25, 0.3) is 0 Å². The predicted octanol–water partition coefficient (Wildman–Crippen LogP) is 1.35. The van der Waals surface area contributed by atoms with Crippen LogP contribution < -0.4 is 5.32 Å². The quantitative estimate of drug-likeness (QED) is 0.888. The molecule has 1 aliphatic carbocycles. The molecule has 6 heteroatoms. The lowest BCUT2D eigenvalue weighted by Gasteiger charge is -1.99. The molecular formula is C11H12N4OS. The van der Waals surface area contributed by atoms with E-state index in [1.165, 1.54) is 0 Å². The normalized spacial score (nSPS) is 14.8. The van der Waals surface area contributed by atoms with Crippen LogP contribution in [0, 0.1) is 5.92 Å². The molecule has 1 aliphatic rings. The molecule has 0 atom stereocenters. The summed E-state index contributed by atoms with van der Waals surface area (Å²) in [5.74, 6) is 0.372. The van der Waals surface area contributed by atoms with Crippen LogP contribution in [0.5, 0.6) is 0 Å². The van der Waals surface area contributed by atoms with Crippen LogP contribution >= 0.6 is 11.3 Å². The third-order valence-electron chi connectivity index (χ3n) is 2.70. The minimum atomic E-state index is 0.134. The van der Waals surface area contributed by atoms with Gasteiger partial charge in [-0.15, -0.1) is 5.10 Å². The number of thiophene rings is 1. The molecule has 1 fully saturated rings. The summed E-state index contributed by atoms with van der Waals surface area (Å²) in [6.07, 6.45) is 3.89. The van der Waals surface area contributed by atoms with E-state index in [4.69, 9.17) is 0 Å². The number of aromatic nitrogens is 3. The first-order valence-corrected chi connectivity index (χ1v) is 6.49. The van der Waals surface area contributed by atoms with E-state index in [1.807, 2.05) is 23.0 Å². The number of rotatable bonds is 4. The molecule has 5 nitrogen and oxygen atoms in total. The maximum absolute atomic E-state index is 11.4. The Labute approximate surface area is 102 Å². The first kappa shape index (κ1) is 10.5. The molecule has 1 amide bonds. The molecule has 1 N–H and O–H groups in total. The monoisotopic (exact) mass is 248 g/mol. The fraction of sp³-hybridized carbons (Fsp3) is 0.364. The minimum Gasteiger partial charge on any atom is -0.350 e. The standard InChI is InChI=1S/C11H12N4OS/c16-11(8-1-2-8)12-5-9-6-15(14-13-9)10-3-4-17-7-10/h3-4,6-8H,1-2,5H2,(H,12,16). The van der Waals surface area contributed by atoms with Crippen molar-refractivity contribution in [1.82, 2.24) is 20.3 Å². The van der Waals surface area contributed by atoms with Crippen molar-refractivity contribution < 1.29 is 4.79 Å². The SMILES string of the molecule is O=C(NCc1cn(-c2ccsc2)nn1)C1CC1. The Morgan fingerprint density at radius 3 is 3.18 bits per heavy atom. The van der Waals surface area contributed by atoms with Gasteiger partial charge in [0.1, 0.15) is 5.69 Å². The molecule has 1 saturated carbocycles. The molecule has 2 aromatic rings. The lowest BCUT2D eigenvalue weighted by atomic mass is 10.4.